The molecule has 3 aromatic rings. The van der Waals surface area contributed by atoms with Crippen LogP contribution in [0.25, 0.3) is 0 Å². The topological polar surface area (TPSA) is 93.7 Å². The number of likely N-dealkylation sites (N-methyl/N-ethyl adjacent to an activating group) is 1. The Bertz CT molecular complexity index is 1370. The van der Waals surface area contributed by atoms with E-state index >= 15 is 0 Å². The molecule has 2 aliphatic rings. The fraction of sp³-hybridized carbons (Fsp3) is 0.429. The molecule has 9 nitrogen and oxygen atoms in total. The summed E-state index contributed by atoms with van der Waals surface area (Å²) in [6, 6.07) is 15.3. The number of nitrogens with one attached hydrogen (secondary N) is 2. The van der Waals surface area contributed by atoms with Crippen molar-refractivity contribution in [1.82, 2.24) is 19.2 Å². The average Bonchev–Trinajstić information content (AvgIpc) is 3.25. The molecule has 1 aromatic heterocycles. The van der Waals surface area contributed by atoms with Gasteiger partial charge in [-0.15, -0.1) is 12.4 Å². The van der Waals surface area contributed by atoms with Crippen molar-refractivity contribution in [2.24, 2.45) is 0 Å². The van der Waals surface area contributed by atoms with Crippen molar-refractivity contribution in [3.63, 3.8) is 0 Å². The first-order chi connectivity index (χ1) is 18.2. The predicted octanol–water partition coefficient (Wildman–Crippen LogP) is 5.01. The van der Waals surface area contributed by atoms with Gasteiger partial charge in [0.2, 0.25) is 16.0 Å². The molecule has 2 N–H and O–H groups in total. The van der Waals surface area contributed by atoms with Crippen molar-refractivity contribution in [3.8, 4) is 0 Å². The second-order valence-corrected chi connectivity index (χ2v) is 12.3. The molecule has 2 aliphatic heterocycles. The first-order valence-corrected chi connectivity index (χ1v) is 14.7. The number of anilines is 5. The molecule has 11 heteroatoms. The number of hydrogen-bond donors (Lipinski definition) is 2. The monoisotopic (exact) mass is 571 g/mol. The van der Waals surface area contributed by atoms with Crippen molar-refractivity contribution in [3.05, 3.63) is 60.3 Å². The Morgan fingerprint density at radius 3 is 2.23 bits per heavy atom. The van der Waals surface area contributed by atoms with Crippen LogP contribution in [-0.2, 0) is 10.0 Å². The second-order valence-electron chi connectivity index (χ2n) is 10.5. The van der Waals surface area contributed by atoms with E-state index in [0.717, 1.165) is 50.3 Å². The third-order valence-corrected chi connectivity index (χ3v) is 9.63. The van der Waals surface area contributed by atoms with E-state index in [1.54, 1.807) is 28.7 Å². The molecule has 3 heterocycles. The quantitative estimate of drug-likeness (QED) is 0.409. The van der Waals surface area contributed by atoms with Crippen LogP contribution in [0.4, 0.5) is 28.8 Å². The van der Waals surface area contributed by atoms with Crippen LogP contribution in [0.5, 0.6) is 0 Å². The zero-order valence-electron chi connectivity index (χ0n) is 23.0. The summed E-state index contributed by atoms with van der Waals surface area (Å²) in [5.74, 6) is 1.09. The van der Waals surface area contributed by atoms with Gasteiger partial charge in [-0.05, 0) is 83.1 Å². The van der Waals surface area contributed by atoms with Gasteiger partial charge in [-0.2, -0.15) is 9.29 Å². The summed E-state index contributed by atoms with van der Waals surface area (Å²) in [5.41, 5.74) is 3.63. The molecule has 2 saturated heterocycles. The lowest BCUT2D eigenvalue weighted by atomic mass is 10.2. The summed E-state index contributed by atoms with van der Waals surface area (Å²) >= 11 is 0. The Morgan fingerprint density at radius 1 is 0.897 bits per heavy atom. The molecule has 5 rings (SSSR count). The fourth-order valence-corrected chi connectivity index (χ4v) is 7.14. The molecule has 39 heavy (non-hydrogen) atoms. The molecule has 0 radical (unpaired) electrons. The standard InChI is InChI=1S/C28H37N7O2S.ClH/c1-20-19-29-28(31-23-10-12-25(13-11-23)34-16-14-33(4)15-17-34)32-27(20)30-24-6-5-7-26(18-24)38(36,37)35-21(2)8-9-22(35)3;/h5-7,10-13,18-19,21-22H,8-9,14-17H2,1-4H3,(H2,29,30,31,32);1H. The van der Waals surface area contributed by atoms with Crippen molar-refractivity contribution < 1.29 is 8.42 Å². The van der Waals surface area contributed by atoms with Crippen LogP contribution in [0.3, 0.4) is 0 Å². The van der Waals surface area contributed by atoms with Gasteiger partial charge in [0.15, 0.2) is 0 Å². The predicted molar refractivity (Wildman–Crippen MR) is 160 cm³/mol. The highest BCUT2D eigenvalue weighted by Gasteiger charge is 2.37. The number of aryl methyl sites for hydroxylation is 1. The van der Waals surface area contributed by atoms with E-state index < -0.39 is 10.0 Å². The lowest BCUT2D eigenvalue weighted by Crippen LogP contribution is -2.44. The minimum atomic E-state index is -3.58. The lowest BCUT2D eigenvalue weighted by molar-refractivity contribution is 0.313. The van der Waals surface area contributed by atoms with Crippen LogP contribution in [-0.4, -0.2) is 72.9 Å². The zero-order valence-corrected chi connectivity index (χ0v) is 24.6. The summed E-state index contributed by atoms with van der Waals surface area (Å²) < 4.78 is 28.4. The fourth-order valence-electron chi connectivity index (χ4n) is 5.22. The van der Waals surface area contributed by atoms with E-state index in [0.29, 0.717) is 17.5 Å². The van der Waals surface area contributed by atoms with Crippen LogP contribution in [0.1, 0.15) is 32.3 Å². The van der Waals surface area contributed by atoms with E-state index in [1.807, 2.05) is 39.0 Å². The van der Waals surface area contributed by atoms with Crippen molar-refractivity contribution in [2.75, 3.05) is 48.8 Å². The number of aromatic nitrogens is 2. The SMILES string of the molecule is Cc1cnc(Nc2ccc(N3CCN(C)CC3)cc2)nc1Nc1cccc(S(=O)(=O)N2C(C)CCC2C)c1.Cl. The maximum absolute atomic E-state index is 13.4. The van der Waals surface area contributed by atoms with Gasteiger partial charge in [-0.25, -0.2) is 13.4 Å². The van der Waals surface area contributed by atoms with Crippen LogP contribution < -0.4 is 15.5 Å². The minimum Gasteiger partial charge on any atom is -0.369 e. The van der Waals surface area contributed by atoms with Crippen molar-refractivity contribution in [1.29, 1.82) is 0 Å². The Balaban J connectivity index is 0.00000353. The van der Waals surface area contributed by atoms with Gasteiger partial charge in [0, 0.05) is 67.1 Å². The summed E-state index contributed by atoms with van der Waals surface area (Å²) in [7, 11) is -1.43. The maximum atomic E-state index is 13.4. The van der Waals surface area contributed by atoms with Crippen molar-refractivity contribution >= 4 is 51.3 Å². The van der Waals surface area contributed by atoms with Crippen LogP contribution >= 0.6 is 12.4 Å². The van der Waals surface area contributed by atoms with Gasteiger partial charge in [0.25, 0.3) is 0 Å². The lowest BCUT2D eigenvalue weighted by Gasteiger charge is -2.34. The third-order valence-electron chi connectivity index (χ3n) is 7.51. The van der Waals surface area contributed by atoms with Crippen LogP contribution in [0.15, 0.2) is 59.6 Å². The van der Waals surface area contributed by atoms with Crippen LogP contribution in [0.2, 0.25) is 0 Å². The Hall–Kier alpha value is -2.92. The molecule has 0 amide bonds. The van der Waals surface area contributed by atoms with Gasteiger partial charge < -0.3 is 20.4 Å². The largest absolute Gasteiger partial charge is 0.369 e. The molecular formula is C28H38ClN7O2S. The maximum Gasteiger partial charge on any atom is 0.243 e. The molecule has 210 valence electrons. The number of benzene rings is 2. The van der Waals surface area contributed by atoms with Gasteiger partial charge in [0.05, 0.1) is 4.90 Å². The highest BCUT2D eigenvalue weighted by molar-refractivity contribution is 7.89. The van der Waals surface area contributed by atoms with Gasteiger partial charge >= 0.3 is 0 Å². The van der Waals surface area contributed by atoms with E-state index in [1.165, 1.54) is 5.69 Å². The molecule has 0 spiro atoms. The van der Waals surface area contributed by atoms with Gasteiger partial charge in [-0.3, -0.25) is 0 Å². The number of hydrogen-bond acceptors (Lipinski definition) is 8. The number of nitrogens with zero attached hydrogens (tertiary/aromatic N) is 5. The molecule has 2 atom stereocenters. The number of sulfonamides is 1. The van der Waals surface area contributed by atoms with Gasteiger partial charge in [0.1, 0.15) is 5.82 Å². The first kappa shape index (κ1) is 29.1. The zero-order chi connectivity index (χ0) is 26.9. The van der Waals surface area contributed by atoms with Crippen LogP contribution in [0, 0.1) is 6.92 Å². The molecule has 2 unspecified atom stereocenters. The third kappa shape index (κ3) is 6.46. The average molecular weight is 572 g/mol. The van der Waals surface area contributed by atoms with E-state index in [-0.39, 0.29) is 29.4 Å². The van der Waals surface area contributed by atoms with E-state index in [2.05, 4.69) is 49.6 Å². The number of piperazine rings is 1. The summed E-state index contributed by atoms with van der Waals surface area (Å²) in [6.07, 6.45) is 3.52. The molecular weight excluding hydrogens is 534 g/mol. The Labute approximate surface area is 238 Å². The van der Waals surface area contributed by atoms with E-state index in [9.17, 15) is 8.42 Å². The minimum absolute atomic E-state index is 0. The van der Waals surface area contributed by atoms with Gasteiger partial charge in [-0.1, -0.05) is 6.07 Å². The Morgan fingerprint density at radius 2 is 1.56 bits per heavy atom. The first-order valence-electron chi connectivity index (χ1n) is 13.3. The summed E-state index contributed by atoms with van der Waals surface area (Å²) in [6.45, 7) is 10.1. The smallest absolute Gasteiger partial charge is 0.243 e. The summed E-state index contributed by atoms with van der Waals surface area (Å²) in [5, 5.41) is 6.58. The number of rotatable bonds is 7. The summed E-state index contributed by atoms with van der Waals surface area (Å²) in [4.78, 5) is 14.1. The molecule has 0 bridgehead atoms. The van der Waals surface area contributed by atoms with E-state index in [4.69, 9.17) is 0 Å². The molecule has 2 fully saturated rings. The normalized spacial score (nSPS) is 20.5. The molecule has 2 aromatic carbocycles. The highest BCUT2D eigenvalue weighted by atomic mass is 35.5. The van der Waals surface area contributed by atoms with Crippen molar-refractivity contribution in [2.45, 2.75) is 50.6 Å². The highest BCUT2D eigenvalue weighted by Crippen LogP contribution is 2.32. The number of halogens is 1. The molecule has 0 saturated carbocycles. The second kappa shape index (κ2) is 12.1. The molecule has 0 aliphatic carbocycles. The Kier molecular flexibility index (Phi) is 9.00.